The summed E-state index contributed by atoms with van der Waals surface area (Å²) in [5.41, 5.74) is 2.43. The van der Waals surface area contributed by atoms with Gasteiger partial charge in [-0.25, -0.2) is 9.97 Å². The minimum atomic E-state index is -0.0146. The molecule has 1 amide bonds. The number of halogens is 1. The zero-order chi connectivity index (χ0) is 20.4. The van der Waals surface area contributed by atoms with Crippen LogP contribution in [0, 0.1) is 5.92 Å². The molecule has 1 aliphatic carbocycles. The number of fused-ring (bicyclic) bond motifs is 1. The van der Waals surface area contributed by atoms with Crippen LogP contribution in [0.2, 0.25) is 5.02 Å². The number of carbonyl (C=O) groups excluding carboxylic acids is 1. The number of nitrogens with zero attached hydrogens (tertiary/aromatic N) is 4. The lowest BCUT2D eigenvalue weighted by Crippen LogP contribution is -2.35. The lowest BCUT2D eigenvalue weighted by Gasteiger charge is -2.26. The minimum absolute atomic E-state index is 0.0146. The molecule has 1 fully saturated rings. The van der Waals surface area contributed by atoms with Gasteiger partial charge in [-0.15, -0.1) is 0 Å². The second kappa shape index (κ2) is 8.54. The number of pyridine rings is 1. The van der Waals surface area contributed by atoms with Gasteiger partial charge in [0.15, 0.2) is 5.65 Å². The van der Waals surface area contributed by atoms with Crippen LogP contribution in [0.3, 0.4) is 0 Å². The van der Waals surface area contributed by atoms with Gasteiger partial charge in [-0.2, -0.15) is 0 Å². The molecule has 1 aromatic carbocycles. The third kappa shape index (κ3) is 4.30. The average Bonchev–Trinajstić information content (AvgIpc) is 3.33. The predicted octanol–water partition coefficient (Wildman–Crippen LogP) is 5.50. The molecule has 3 aromatic rings. The lowest BCUT2D eigenvalue weighted by atomic mass is 10.1. The number of carbonyl (C=O) groups is 1. The maximum absolute atomic E-state index is 13.3. The Morgan fingerprint density at radius 3 is 2.76 bits per heavy atom. The number of amides is 1. The maximum atomic E-state index is 13.3. The first-order valence-electron chi connectivity index (χ1n) is 10.4. The summed E-state index contributed by atoms with van der Waals surface area (Å²) >= 11 is 6.13. The van der Waals surface area contributed by atoms with Gasteiger partial charge in [0, 0.05) is 29.4 Å². The standard InChI is InChI=1S/C23H27ClN4O/c1-16(2)14-27(23(29)17-7-5-8-18(24)13-17)15-21-26-20-11-6-12-25-22(20)28(21)19-9-3-4-10-19/h5-8,11-13,16,19H,3-4,9-10,14-15H2,1-2H3. The molecule has 2 aromatic heterocycles. The molecule has 6 heteroatoms. The van der Waals surface area contributed by atoms with Crippen molar-refractivity contribution in [3.8, 4) is 0 Å². The summed E-state index contributed by atoms with van der Waals surface area (Å²) in [5.74, 6) is 1.25. The smallest absolute Gasteiger partial charge is 0.254 e. The fourth-order valence-corrected chi connectivity index (χ4v) is 4.46. The van der Waals surface area contributed by atoms with E-state index in [1.807, 2.05) is 35.4 Å². The Morgan fingerprint density at radius 2 is 2.03 bits per heavy atom. The van der Waals surface area contributed by atoms with Crippen LogP contribution < -0.4 is 0 Å². The molecule has 4 rings (SSSR count). The minimum Gasteiger partial charge on any atom is -0.331 e. The van der Waals surface area contributed by atoms with Crippen LogP contribution in [0.15, 0.2) is 42.6 Å². The summed E-state index contributed by atoms with van der Waals surface area (Å²) < 4.78 is 2.28. The molecule has 2 heterocycles. The first kappa shape index (κ1) is 19.9. The van der Waals surface area contributed by atoms with Crippen molar-refractivity contribution < 1.29 is 4.79 Å². The van der Waals surface area contributed by atoms with Gasteiger partial charge in [0.25, 0.3) is 5.91 Å². The molecule has 29 heavy (non-hydrogen) atoms. The number of rotatable bonds is 6. The van der Waals surface area contributed by atoms with Crippen molar-refractivity contribution in [3.63, 3.8) is 0 Å². The van der Waals surface area contributed by atoms with Gasteiger partial charge >= 0.3 is 0 Å². The van der Waals surface area contributed by atoms with E-state index >= 15 is 0 Å². The van der Waals surface area contributed by atoms with Gasteiger partial charge in [0.05, 0.1) is 6.54 Å². The van der Waals surface area contributed by atoms with Crippen LogP contribution in [0.5, 0.6) is 0 Å². The zero-order valence-corrected chi connectivity index (χ0v) is 17.8. The summed E-state index contributed by atoms with van der Waals surface area (Å²) in [6.07, 6.45) is 6.56. The van der Waals surface area contributed by atoms with Crippen LogP contribution in [-0.4, -0.2) is 31.9 Å². The molecule has 5 nitrogen and oxygen atoms in total. The van der Waals surface area contributed by atoms with Gasteiger partial charge in [0.1, 0.15) is 11.3 Å². The van der Waals surface area contributed by atoms with E-state index in [1.165, 1.54) is 12.8 Å². The molecule has 0 bridgehead atoms. The molecule has 0 aliphatic heterocycles. The Hall–Kier alpha value is -2.40. The molecule has 1 saturated carbocycles. The predicted molar refractivity (Wildman–Crippen MR) is 116 cm³/mol. The van der Waals surface area contributed by atoms with Gasteiger partial charge in [-0.3, -0.25) is 4.79 Å². The number of hydrogen-bond donors (Lipinski definition) is 0. The van der Waals surface area contributed by atoms with E-state index in [0.717, 1.165) is 29.8 Å². The van der Waals surface area contributed by atoms with Crippen molar-refractivity contribution >= 4 is 28.7 Å². The molecular weight excluding hydrogens is 384 g/mol. The number of hydrogen-bond acceptors (Lipinski definition) is 3. The Morgan fingerprint density at radius 1 is 1.24 bits per heavy atom. The van der Waals surface area contributed by atoms with E-state index < -0.39 is 0 Å². The highest BCUT2D eigenvalue weighted by atomic mass is 35.5. The average molecular weight is 411 g/mol. The Labute approximate surface area is 176 Å². The second-order valence-electron chi connectivity index (χ2n) is 8.27. The van der Waals surface area contributed by atoms with E-state index in [-0.39, 0.29) is 5.91 Å². The third-order valence-electron chi connectivity index (χ3n) is 5.49. The molecule has 0 atom stereocenters. The van der Waals surface area contributed by atoms with Gasteiger partial charge in [0.2, 0.25) is 0 Å². The van der Waals surface area contributed by atoms with Crippen LogP contribution >= 0.6 is 11.6 Å². The van der Waals surface area contributed by atoms with E-state index in [4.69, 9.17) is 16.6 Å². The quantitative estimate of drug-likeness (QED) is 0.539. The van der Waals surface area contributed by atoms with E-state index in [2.05, 4.69) is 23.4 Å². The monoisotopic (exact) mass is 410 g/mol. The van der Waals surface area contributed by atoms with Gasteiger partial charge in [-0.05, 0) is 49.1 Å². The maximum Gasteiger partial charge on any atom is 0.254 e. The molecule has 0 N–H and O–H groups in total. The van der Waals surface area contributed by atoms with Crippen molar-refractivity contribution in [2.45, 2.75) is 52.1 Å². The Balaban J connectivity index is 1.71. The van der Waals surface area contributed by atoms with Crippen LogP contribution in [0.1, 0.15) is 61.8 Å². The van der Waals surface area contributed by atoms with Crippen molar-refractivity contribution in [1.29, 1.82) is 0 Å². The van der Waals surface area contributed by atoms with Crippen molar-refractivity contribution in [1.82, 2.24) is 19.4 Å². The number of benzene rings is 1. The van der Waals surface area contributed by atoms with Gasteiger partial charge in [-0.1, -0.05) is 44.4 Å². The highest BCUT2D eigenvalue weighted by molar-refractivity contribution is 6.30. The van der Waals surface area contributed by atoms with Crippen molar-refractivity contribution in [2.75, 3.05) is 6.54 Å². The molecule has 1 aliphatic rings. The molecule has 0 radical (unpaired) electrons. The molecule has 152 valence electrons. The number of aromatic nitrogens is 3. The molecule has 0 saturated heterocycles. The zero-order valence-electron chi connectivity index (χ0n) is 17.0. The first-order chi connectivity index (χ1) is 14.0. The number of imidazole rings is 1. The molecular formula is C23H27ClN4O. The SMILES string of the molecule is CC(C)CN(Cc1nc2cccnc2n1C1CCCC1)C(=O)c1cccc(Cl)c1. The third-order valence-corrected chi connectivity index (χ3v) is 5.72. The summed E-state index contributed by atoms with van der Waals surface area (Å²) in [7, 11) is 0. The van der Waals surface area contributed by atoms with E-state index in [0.29, 0.717) is 35.6 Å². The topological polar surface area (TPSA) is 51.0 Å². The normalized spacial score (nSPS) is 14.8. The molecule has 0 unspecified atom stereocenters. The Kier molecular flexibility index (Phi) is 5.86. The van der Waals surface area contributed by atoms with E-state index in [1.54, 1.807) is 12.1 Å². The van der Waals surface area contributed by atoms with Crippen LogP contribution in [-0.2, 0) is 6.54 Å². The highest BCUT2D eigenvalue weighted by Crippen LogP contribution is 2.33. The highest BCUT2D eigenvalue weighted by Gasteiger charge is 2.26. The molecule has 0 spiro atoms. The fourth-order valence-electron chi connectivity index (χ4n) is 4.27. The van der Waals surface area contributed by atoms with Crippen molar-refractivity contribution in [3.05, 3.63) is 59.0 Å². The summed E-state index contributed by atoms with van der Waals surface area (Å²) in [6.45, 7) is 5.38. The van der Waals surface area contributed by atoms with Crippen LogP contribution in [0.4, 0.5) is 0 Å². The largest absolute Gasteiger partial charge is 0.331 e. The lowest BCUT2D eigenvalue weighted by molar-refractivity contribution is 0.0715. The van der Waals surface area contributed by atoms with E-state index in [9.17, 15) is 4.79 Å². The van der Waals surface area contributed by atoms with Crippen LogP contribution in [0.25, 0.3) is 11.2 Å². The Bertz CT molecular complexity index is 1010. The first-order valence-corrected chi connectivity index (χ1v) is 10.8. The van der Waals surface area contributed by atoms with Crippen molar-refractivity contribution in [2.24, 2.45) is 5.92 Å². The summed E-state index contributed by atoms with van der Waals surface area (Å²) in [6, 6.07) is 11.5. The fraction of sp³-hybridized carbons (Fsp3) is 0.435. The summed E-state index contributed by atoms with van der Waals surface area (Å²) in [5, 5.41) is 0.572. The van der Waals surface area contributed by atoms with Gasteiger partial charge < -0.3 is 9.47 Å². The second-order valence-corrected chi connectivity index (χ2v) is 8.71. The summed E-state index contributed by atoms with van der Waals surface area (Å²) in [4.78, 5) is 24.7.